The van der Waals surface area contributed by atoms with Crippen LogP contribution in [0.5, 0.6) is 0 Å². The Morgan fingerprint density at radius 2 is 2.45 bits per heavy atom. The average molecular weight is 219 g/mol. The van der Waals surface area contributed by atoms with Gasteiger partial charge < -0.3 is 0 Å². The Hall–Kier alpha value is -0.521. The van der Waals surface area contributed by atoms with Crippen LogP contribution in [0.3, 0.4) is 0 Å². The number of carbonyl (C=O) groups excluding carboxylic acids is 1. The van der Waals surface area contributed by atoms with Crippen LogP contribution in [0, 0.1) is 11.3 Å². The van der Waals surface area contributed by atoms with Gasteiger partial charge in [-0.25, -0.2) is 0 Å². The monoisotopic (exact) mass is 220 g/mol. The van der Waals surface area contributed by atoms with Crippen LogP contribution in [0.25, 0.3) is 0 Å². The summed E-state index contributed by atoms with van der Waals surface area (Å²) in [5, 5.41) is 19.4. The van der Waals surface area contributed by atoms with Crippen molar-refractivity contribution in [2.75, 3.05) is 0 Å². The van der Waals surface area contributed by atoms with Gasteiger partial charge in [0.05, 0.1) is 0 Å². The molecule has 0 heterocycles. The molecule has 11 heavy (non-hydrogen) atoms. The molecule has 0 bridgehead atoms. The number of carboxylic acids is 1. The van der Waals surface area contributed by atoms with Crippen molar-refractivity contribution < 1.29 is 9.90 Å². The molecule has 0 aliphatic heterocycles. The van der Waals surface area contributed by atoms with E-state index in [1.165, 1.54) is 0 Å². The summed E-state index contributed by atoms with van der Waals surface area (Å²) in [5.41, 5.74) is 0. The summed E-state index contributed by atoms with van der Waals surface area (Å²) in [6.45, 7) is 2.04. The van der Waals surface area contributed by atoms with Gasteiger partial charge in [-0.15, -0.1) is 0 Å². The minimum absolute atomic E-state index is 0.108. The van der Waals surface area contributed by atoms with E-state index in [2.05, 4.69) is 0 Å². The van der Waals surface area contributed by atoms with Gasteiger partial charge in [0.1, 0.15) is 0 Å². The van der Waals surface area contributed by atoms with Gasteiger partial charge >= 0.3 is 72.1 Å². The van der Waals surface area contributed by atoms with Crippen molar-refractivity contribution in [1.29, 1.82) is 5.26 Å². The molecule has 3 nitrogen and oxygen atoms in total. The second kappa shape index (κ2) is 6.21. The van der Waals surface area contributed by atoms with Crippen molar-refractivity contribution in [3.8, 4) is 6.07 Å². The van der Waals surface area contributed by atoms with Gasteiger partial charge in [-0.1, -0.05) is 0 Å². The molecule has 0 aliphatic carbocycles. The molecule has 4 heteroatoms. The molecule has 0 saturated carbocycles. The second-order valence-corrected chi connectivity index (χ2v) is 4.60. The zero-order chi connectivity index (χ0) is 8.69. The van der Waals surface area contributed by atoms with E-state index < -0.39 is 10.8 Å². The molecule has 0 aromatic carbocycles. The molecule has 0 N–H and O–H groups in total. The van der Waals surface area contributed by atoms with Crippen LogP contribution < -0.4 is 5.11 Å². The molecule has 0 amide bonds. The summed E-state index contributed by atoms with van der Waals surface area (Å²) < 4.78 is 0. The zero-order valence-corrected chi connectivity index (χ0v) is 8.08. The fraction of sp³-hybridized carbons (Fsp3) is 0.714. The number of aliphatic carboxylic acids is 1. The van der Waals surface area contributed by atoms with Gasteiger partial charge in [0, 0.05) is 0 Å². The molecular formula is C7H10NO2Se-. The molecule has 0 rings (SSSR count). The number of nitrogens with zero attached hydrogens (tertiary/aromatic N) is 1. The number of hydrogen-bond donors (Lipinski definition) is 0. The first-order valence-electron chi connectivity index (χ1n) is 3.44. The maximum atomic E-state index is 10.2. The molecular weight excluding hydrogens is 209 g/mol. The molecule has 1 atom stereocenters. The topological polar surface area (TPSA) is 63.9 Å². The maximum absolute atomic E-state index is 10.2. The molecule has 0 aromatic heterocycles. The fourth-order valence-electron chi connectivity index (χ4n) is 0.504. The van der Waals surface area contributed by atoms with E-state index in [0.29, 0.717) is 0 Å². The summed E-state index contributed by atoms with van der Waals surface area (Å²) in [7, 11) is 0. The van der Waals surface area contributed by atoms with Crippen molar-refractivity contribution in [1.82, 2.24) is 0 Å². The molecule has 1 unspecified atom stereocenters. The van der Waals surface area contributed by atoms with Gasteiger partial charge in [0.2, 0.25) is 0 Å². The van der Waals surface area contributed by atoms with Crippen LogP contribution in [-0.2, 0) is 4.79 Å². The van der Waals surface area contributed by atoms with Gasteiger partial charge in [-0.05, 0) is 0 Å². The predicted octanol–water partition coefficient (Wildman–Crippen LogP) is -0.0290. The van der Waals surface area contributed by atoms with Crippen molar-refractivity contribution in [3.63, 3.8) is 0 Å². The number of rotatable bonds is 5. The van der Waals surface area contributed by atoms with Crippen LogP contribution in [0.2, 0.25) is 10.1 Å². The van der Waals surface area contributed by atoms with E-state index in [1.54, 1.807) is 6.07 Å². The van der Waals surface area contributed by atoms with Crippen LogP contribution in [0.15, 0.2) is 0 Å². The molecule has 0 aliphatic rings. The molecule has 62 valence electrons. The van der Waals surface area contributed by atoms with Crippen molar-refractivity contribution in [2.24, 2.45) is 0 Å². The van der Waals surface area contributed by atoms with Gasteiger partial charge in [-0.3, -0.25) is 0 Å². The van der Waals surface area contributed by atoms with Crippen molar-refractivity contribution >= 4 is 20.9 Å². The van der Waals surface area contributed by atoms with E-state index in [0.717, 1.165) is 18.2 Å². The standard InChI is InChI=1S/C7H11NO2Se/c1-2-3-4-11-6(5-8)7(9)10/h6H,2-4H2,1H3,(H,9,10)/p-1. The Morgan fingerprint density at radius 3 is 2.82 bits per heavy atom. The first-order valence-corrected chi connectivity index (χ1v) is 5.64. The molecule has 0 spiro atoms. The quantitative estimate of drug-likeness (QED) is 0.481. The van der Waals surface area contributed by atoms with E-state index in [1.807, 2.05) is 6.92 Å². The third-order valence-corrected chi connectivity index (χ3v) is 3.54. The van der Waals surface area contributed by atoms with E-state index in [-0.39, 0.29) is 15.0 Å². The van der Waals surface area contributed by atoms with Crippen LogP contribution in [0.1, 0.15) is 19.8 Å². The minimum atomic E-state index is -1.22. The number of hydrogen-bond acceptors (Lipinski definition) is 3. The molecule has 0 aromatic rings. The normalized spacial score (nSPS) is 12.0. The second-order valence-electron chi connectivity index (χ2n) is 2.05. The van der Waals surface area contributed by atoms with Crippen LogP contribution in [-0.4, -0.2) is 20.9 Å². The van der Waals surface area contributed by atoms with Crippen molar-refractivity contribution in [3.05, 3.63) is 0 Å². The third-order valence-electron chi connectivity index (χ3n) is 1.11. The first kappa shape index (κ1) is 10.5. The van der Waals surface area contributed by atoms with Gasteiger partial charge in [-0.2, -0.15) is 0 Å². The SMILES string of the molecule is CCCC[Se]C(C#N)C(=O)[O-]. The van der Waals surface area contributed by atoms with E-state index in [4.69, 9.17) is 5.26 Å². The summed E-state index contributed by atoms with van der Waals surface area (Å²) in [4.78, 5) is 9.35. The van der Waals surface area contributed by atoms with E-state index in [9.17, 15) is 9.90 Å². The molecule has 0 saturated heterocycles. The summed E-state index contributed by atoms with van der Waals surface area (Å²) in [6.07, 6.45) is 2.05. The number of carbonyl (C=O) groups is 1. The molecule has 0 radical (unpaired) electrons. The van der Waals surface area contributed by atoms with Gasteiger partial charge in [0.15, 0.2) is 0 Å². The average Bonchev–Trinajstić information content (AvgIpc) is 1.97. The summed E-state index contributed by atoms with van der Waals surface area (Å²) >= 11 is -0.108. The third kappa shape index (κ3) is 4.83. The Bertz CT molecular complexity index is 164. The fourth-order valence-corrected chi connectivity index (χ4v) is 2.40. The number of carboxylic acid groups (broad SMARTS) is 1. The number of nitriles is 1. The van der Waals surface area contributed by atoms with Crippen molar-refractivity contribution in [2.45, 2.75) is 29.9 Å². The Balaban J connectivity index is 3.55. The zero-order valence-electron chi connectivity index (χ0n) is 6.37. The number of unbranched alkanes of at least 4 members (excludes halogenated alkanes) is 1. The summed E-state index contributed by atoms with van der Waals surface area (Å²) in [6, 6.07) is 1.73. The van der Waals surface area contributed by atoms with E-state index >= 15 is 0 Å². The summed E-state index contributed by atoms with van der Waals surface area (Å²) in [5.74, 6) is -1.22. The first-order chi connectivity index (χ1) is 5.22. The van der Waals surface area contributed by atoms with Gasteiger partial charge in [0.25, 0.3) is 0 Å². The Labute approximate surface area is 72.6 Å². The Morgan fingerprint density at radius 1 is 1.82 bits per heavy atom. The predicted molar refractivity (Wildman–Crippen MR) is 39.8 cm³/mol. The molecule has 0 fully saturated rings. The van der Waals surface area contributed by atoms with Crippen LogP contribution in [0.4, 0.5) is 0 Å². The van der Waals surface area contributed by atoms with Crippen LogP contribution >= 0.6 is 0 Å². The Kier molecular flexibility index (Phi) is 5.91.